The van der Waals surface area contributed by atoms with Gasteiger partial charge in [-0.05, 0) is 44.5 Å². The van der Waals surface area contributed by atoms with Crippen molar-refractivity contribution in [2.45, 2.75) is 31.2 Å². The Hall–Kier alpha value is -3.25. The molecule has 0 spiro atoms. The lowest BCUT2D eigenvalue weighted by Crippen LogP contribution is -2.24. The second-order valence-corrected chi connectivity index (χ2v) is 8.54. The molecule has 0 aliphatic heterocycles. The molecule has 0 fully saturated rings. The lowest BCUT2D eigenvalue weighted by molar-refractivity contribution is 0.0994. The van der Waals surface area contributed by atoms with Gasteiger partial charge in [0.15, 0.2) is 10.9 Å². The number of para-hydroxylation sites is 1. The maximum absolute atomic E-state index is 13.3. The highest BCUT2D eigenvalue weighted by molar-refractivity contribution is 8.00. The van der Waals surface area contributed by atoms with Gasteiger partial charge in [0, 0.05) is 11.8 Å². The first-order valence-electron chi connectivity index (χ1n) is 9.66. The molecule has 0 amide bonds. The third-order valence-electron chi connectivity index (χ3n) is 4.86. The molecule has 5 nitrogen and oxygen atoms in total. The van der Waals surface area contributed by atoms with Crippen molar-refractivity contribution in [3.63, 3.8) is 0 Å². The first kappa shape index (κ1) is 20.0. The van der Waals surface area contributed by atoms with E-state index in [9.17, 15) is 9.59 Å². The highest BCUT2D eigenvalue weighted by Crippen LogP contribution is 2.26. The number of thioether (sulfide) groups is 1. The molecule has 0 N–H and O–H groups in total. The lowest BCUT2D eigenvalue weighted by atomic mass is 10.1. The van der Waals surface area contributed by atoms with Crippen molar-refractivity contribution in [3.05, 3.63) is 93.9 Å². The predicted octanol–water partition coefficient (Wildman–Crippen LogP) is 4.76. The molecule has 0 bridgehead atoms. The Morgan fingerprint density at radius 3 is 2.37 bits per heavy atom. The molecular weight excluding hydrogens is 394 g/mol. The van der Waals surface area contributed by atoms with Crippen molar-refractivity contribution >= 4 is 28.4 Å². The van der Waals surface area contributed by atoms with Crippen LogP contribution in [0.3, 0.4) is 0 Å². The third-order valence-corrected chi connectivity index (χ3v) is 5.91. The smallest absolute Gasteiger partial charge is 0.267 e. The van der Waals surface area contributed by atoms with Gasteiger partial charge in [-0.25, -0.2) is 14.5 Å². The molecule has 1 atom stereocenters. The average molecular weight is 416 g/mol. The first-order chi connectivity index (χ1) is 14.4. The van der Waals surface area contributed by atoms with Gasteiger partial charge < -0.3 is 0 Å². The number of aromatic nitrogens is 3. The topological polar surface area (TPSA) is 64.8 Å². The molecule has 2 aromatic heterocycles. The quantitative estimate of drug-likeness (QED) is 0.267. The standard InChI is InChI=1S/C24H21N3O2S/c1-15-8-11-18(12-9-15)22(28)17(3)30-24-26-20-7-5-4-6-19(20)23(29)27(24)21-13-10-16(2)14-25-21/h4-14,17H,1-3H3. The summed E-state index contributed by atoms with van der Waals surface area (Å²) in [6.45, 7) is 5.76. The third kappa shape index (κ3) is 3.91. The average Bonchev–Trinajstić information content (AvgIpc) is 2.75. The van der Waals surface area contributed by atoms with Gasteiger partial charge in [0.05, 0.1) is 16.2 Å². The normalized spacial score (nSPS) is 12.1. The molecule has 0 saturated carbocycles. The number of rotatable bonds is 5. The van der Waals surface area contributed by atoms with Crippen molar-refractivity contribution in [2.24, 2.45) is 0 Å². The number of fused-ring (bicyclic) bond motifs is 1. The van der Waals surface area contributed by atoms with Gasteiger partial charge in [-0.15, -0.1) is 0 Å². The van der Waals surface area contributed by atoms with Gasteiger partial charge >= 0.3 is 0 Å². The minimum Gasteiger partial charge on any atom is -0.293 e. The van der Waals surface area contributed by atoms with E-state index in [1.54, 1.807) is 24.4 Å². The van der Waals surface area contributed by atoms with Crippen LogP contribution in [0.25, 0.3) is 16.7 Å². The number of carbonyl (C=O) groups is 1. The van der Waals surface area contributed by atoms with Crippen LogP contribution in [-0.4, -0.2) is 25.6 Å². The number of hydrogen-bond donors (Lipinski definition) is 0. The van der Waals surface area contributed by atoms with E-state index < -0.39 is 5.25 Å². The predicted molar refractivity (Wildman–Crippen MR) is 121 cm³/mol. The fourth-order valence-electron chi connectivity index (χ4n) is 3.15. The van der Waals surface area contributed by atoms with E-state index >= 15 is 0 Å². The van der Waals surface area contributed by atoms with E-state index in [-0.39, 0.29) is 11.3 Å². The van der Waals surface area contributed by atoms with Crippen LogP contribution >= 0.6 is 11.8 Å². The minimum absolute atomic E-state index is 0.00850. The van der Waals surface area contributed by atoms with Crippen LogP contribution in [0.1, 0.15) is 28.4 Å². The lowest BCUT2D eigenvalue weighted by Gasteiger charge is -2.15. The highest BCUT2D eigenvalue weighted by atomic mass is 32.2. The summed E-state index contributed by atoms with van der Waals surface area (Å²) in [5, 5.41) is 0.544. The molecule has 0 radical (unpaired) electrons. The second kappa shape index (κ2) is 8.24. The maximum Gasteiger partial charge on any atom is 0.267 e. The molecule has 4 rings (SSSR count). The second-order valence-electron chi connectivity index (χ2n) is 7.24. The number of hydrogen-bond acceptors (Lipinski definition) is 5. The highest BCUT2D eigenvalue weighted by Gasteiger charge is 2.21. The summed E-state index contributed by atoms with van der Waals surface area (Å²) in [5.74, 6) is 0.479. The largest absolute Gasteiger partial charge is 0.293 e. The van der Waals surface area contributed by atoms with Crippen molar-refractivity contribution < 1.29 is 4.79 Å². The Labute approximate surface area is 178 Å². The summed E-state index contributed by atoms with van der Waals surface area (Å²) in [5.41, 5.74) is 3.14. The Bertz CT molecular complexity index is 1280. The van der Waals surface area contributed by atoms with E-state index in [0.717, 1.165) is 11.1 Å². The molecule has 4 aromatic rings. The Balaban J connectivity index is 1.79. The number of ketones is 1. The van der Waals surface area contributed by atoms with Crippen molar-refractivity contribution in [2.75, 3.05) is 0 Å². The number of carbonyl (C=O) groups excluding carboxylic acids is 1. The molecule has 0 aliphatic rings. The summed E-state index contributed by atoms with van der Waals surface area (Å²) < 4.78 is 1.49. The van der Waals surface area contributed by atoms with Crippen LogP contribution in [0, 0.1) is 13.8 Å². The minimum atomic E-state index is -0.419. The summed E-state index contributed by atoms with van der Waals surface area (Å²) in [6.07, 6.45) is 1.71. The molecular formula is C24H21N3O2S. The Morgan fingerprint density at radius 2 is 1.67 bits per heavy atom. The summed E-state index contributed by atoms with van der Waals surface area (Å²) in [6, 6.07) is 18.4. The van der Waals surface area contributed by atoms with Gasteiger partial charge in [-0.2, -0.15) is 0 Å². The van der Waals surface area contributed by atoms with E-state index in [2.05, 4.69) is 4.98 Å². The fourth-order valence-corrected chi connectivity index (χ4v) is 4.14. The molecule has 2 aromatic carbocycles. The molecule has 2 heterocycles. The number of nitrogens with zero attached hydrogens (tertiary/aromatic N) is 3. The molecule has 6 heteroatoms. The number of benzene rings is 2. The fraction of sp³-hybridized carbons (Fsp3) is 0.167. The zero-order valence-corrected chi connectivity index (χ0v) is 17.8. The van der Waals surface area contributed by atoms with Crippen LogP contribution in [0.15, 0.2) is 76.8 Å². The van der Waals surface area contributed by atoms with Gasteiger partial charge in [0.1, 0.15) is 5.82 Å². The van der Waals surface area contributed by atoms with Gasteiger partial charge in [-0.1, -0.05) is 59.8 Å². The van der Waals surface area contributed by atoms with Gasteiger partial charge in [-0.3, -0.25) is 9.59 Å². The SMILES string of the molecule is Cc1ccc(C(=O)C(C)Sc2nc3ccccc3c(=O)n2-c2ccc(C)cn2)cc1. The monoisotopic (exact) mass is 415 g/mol. The van der Waals surface area contributed by atoms with Crippen molar-refractivity contribution in [3.8, 4) is 5.82 Å². The zero-order valence-electron chi connectivity index (χ0n) is 17.0. The van der Waals surface area contributed by atoms with Crippen LogP contribution in [0.2, 0.25) is 0 Å². The molecule has 0 saturated heterocycles. The van der Waals surface area contributed by atoms with Crippen molar-refractivity contribution in [1.29, 1.82) is 0 Å². The van der Waals surface area contributed by atoms with Crippen LogP contribution in [0.4, 0.5) is 0 Å². The summed E-state index contributed by atoms with van der Waals surface area (Å²) in [4.78, 5) is 35.3. The first-order valence-corrected chi connectivity index (χ1v) is 10.5. The number of Topliss-reactive ketones (excluding diaryl/α,β-unsaturated/α-hetero) is 1. The summed E-state index contributed by atoms with van der Waals surface area (Å²) >= 11 is 1.27. The van der Waals surface area contributed by atoms with E-state index in [1.165, 1.54) is 16.3 Å². The van der Waals surface area contributed by atoms with Crippen molar-refractivity contribution in [1.82, 2.24) is 14.5 Å². The Kier molecular flexibility index (Phi) is 5.50. The number of pyridine rings is 1. The molecule has 1 unspecified atom stereocenters. The maximum atomic E-state index is 13.3. The van der Waals surface area contributed by atoms with Crippen LogP contribution in [0.5, 0.6) is 0 Å². The molecule has 30 heavy (non-hydrogen) atoms. The van der Waals surface area contributed by atoms with Crippen LogP contribution in [-0.2, 0) is 0 Å². The zero-order chi connectivity index (χ0) is 21.3. The van der Waals surface area contributed by atoms with Gasteiger partial charge in [0.2, 0.25) is 0 Å². The Morgan fingerprint density at radius 1 is 0.967 bits per heavy atom. The van der Waals surface area contributed by atoms with Gasteiger partial charge in [0.25, 0.3) is 5.56 Å². The molecule has 0 aliphatic carbocycles. The van der Waals surface area contributed by atoms with E-state index in [1.807, 2.05) is 63.2 Å². The van der Waals surface area contributed by atoms with E-state index in [0.29, 0.717) is 27.4 Å². The molecule has 150 valence electrons. The summed E-state index contributed by atoms with van der Waals surface area (Å²) in [7, 11) is 0. The van der Waals surface area contributed by atoms with Crippen LogP contribution < -0.4 is 5.56 Å². The van der Waals surface area contributed by atoms with E-state index in [4.69, 9.17) is 4.98 Å². The number of aryl methyl sites for hydroxylation is 2.